The van der Waals surface area contributed by atoms with E-state index in [1.165, 1.54) is 6.92 Å². The van der Waals surface area contributed by atoms with Crippen LogP contribution in [0.2, 0.25) is 0 Å². The molecule has 11 nitrogen and oxygen atoms in total. The van der Waals surface area contributed by atoms with Gasteiger partial charge in [-0.25, -0.2) is 0 Å². The van der Waals surface area contributed by atoms with Crippen LogP contribution >= 0.6 is 0 Å². The first kappa shape index (κ1) is 25.4. The summed E-state index contributed by atoms with van der Waals surface area (Å²) in [6, 6.07) is 0. The van der Waals surface area contributed by atoms with Crippen molar-refractivity contribution in [2.45, 2.75) is 13.5 Å². The Bertz CT molecular complexity index is 516. The molecule has 1 aromatic rings. The first-order valence-electron chi connectivity index (χ1n) is 9.74. The highest BCUT2D eigenvalue weighted by Crippen LogP contribution is 1.94. The third-order valence-electron chi connectivity index (χ3n) is 3.38. The van der Waals surface area contributed by atoms with Crippen molar-refractivity contribution in [2.24, 2.45) is 7.05 Å². The van der Waals surface area contributed by atoms with Gasteiger partial charge in [0.05, 0.1) is 85.5 Å². The lowest BCUT2D eigenvalue weighted by Gasteiger charge is -2.08. The zero-order valence-electron chi connectivity index (χ0n) is 17.5. The Kier molecular flexibility index (Phi) is 16.1. The summed E-state index contributed by atoms with van der Waals surface area (Å²) >= 11 is 0. The van der Waals surface area contributed by atoms with Crippen molar-refractivity contribution in [3.05, 3.63) is 11.9 Å². The smallest absolute Gasteiger partial charge is 0.216 e. The molecular weight excluding hydrogens is 384 g/mol. The SMILES string of the molecule is CC(=O)NCCOCCOCCOCCOCCOCCOCc1cn(C)nn1. The molecule has 0 saturated carbocycles. The van der Waals surface area contributed by atoms with Crippen LogP contribution in [0.4, 0.5) is 0 Å². The van der Waals surface area contributed by atoms with E-state index in [9.17, 15) is 4.79 Å². The van der Waals surface area contributed by atoms with Crippen molar-refractivity contribution < 1.29 is 33.2 Å². The van der Waals surface area contributed by atoms with Gasteiger partial charge < -0.3 is 33.7 Å². The summed E-state index contributed by atoms with van der Waals surface area (Å²) in [6.07, 6.45) is 1.82. The second kappa shape index (κ2) is 18.4. The highest BCUT2D eigenvalue weighted by atomic mass is 16.6. The summed E-state index contributed by atoms with van der Waals surface area (Å²) in [6.45, 7) is 7.97. The molecule has 0 radical (unpaired) electrons. The number of ether oxygens (including phenoxy) is 6. The topological polar surface area (TPSA) is 115 Å². The maximum Gasteiger partial charge on any atom is 0.216 e. The third-order valence-corrected chi connectivity index (χ3v) is 3.38. The molecule has 1 heterocycles. The fourth-order valence-electron chi connectivity index (χ4n) is 2.04. The van der Waals surface area contributed by atoms with E-state index in [2.05, 4.69) is 15.6 Å². The van der Waals surface area contributed by atoms with Gasteiger partial charge in [-0.15, -0.1) is 5.10 Å². The number of nitrogens with zero attached hydrogens (tertiary/aromatic N) is 3. The molecule has 0 aliphatic carbocycles. The summed E-state index contributed by atoms with van der Waals surface area (Å²) in [5.41, 5.74) is 0.799. The number of hydrogen-bond donors (Lipinski definition) is 1. The normalized spacial score (nSPS) is 11.1. The Morgan fingerprint density at radius 3 is 1.69 bits per heavy atom. The predicted octanol–water partition coefficient (Wildman–Crippen LogP) is -0.449. The van der Waals surface area contributed by atoms with Crippen molar-refractivity contribution in [2.75, 3.05) is 79.2 Å². The molecule has 29 heavy (non-hydrogen) atoms. The molecule has 1 aromatic heterocycles. The van der Waals surface area contributed by atoms with Gasteiger partial charge in [-0.3, -0.25) is 9.48 Å². The number of aromatic nitrogens is 3. The lowest BCUT2D eigenvalue weighted by Crippen LogP contribution is -2.25. The number of carbonyl (C=O) groups is 1. The van der Waals surface area contributed by atoms with Crippen LogP contribution in [-0.2, 0) is 46.9 Å². The number of nitrogens with one attached hydrogen (secondary N) is 1. The van der Waals surface area contributed by atoms with Gasteiger partial charge in [0.25, 0.3) is 0 Å². The van der Waals surface area contributed by atoms with E-state index in [1.807, 2.05) is 13.2 Å². The Balaban J connectivity index is 1.67. The minimum Gasteiger partial charge on any atom is -0.377 e. The van der Waals surface area contributed by atoms with E-state index in [4.69, 9.17) is 28.4 Å². The van der Waals surface area contributed by atoms with Crippen LogP contribution in [0.3, 0.4) is 0 Å². The molecule has 0 spiro atoms. The first-order valence-corrected chi connectivity index (χ1v) is 9.74. The molecule has 0 bridgehead atoms. The van der Waals surface area contributed by atoms with Crippen molar-refractivity contribution in [1.29, 1.82) is 0 Å². The Morgan fingerprint density at radius 2 is 1.28 bits per heavy atom. The second-order valence-electron chi connectivity index (χ2n) is 5.98. The van der Waals surface area contributed by atoms with Gasteiger partial charge in [0.15, 0.2) is 0 Å². The highest BCUT2D eigenvalue weighted by Gasteiger charge is 1.98. The minimum absolute atomic E-state index is 0.0567. The second-order valence-corrected chi connectivity index (χ2v) is 5.98. The molecule has 1 rings (SSSR count). The van der Waals surface area contributed by atoms with E-state index in [0.29, 0.717) is 85.8 Å². The van der Waals surface area contributed by atoms with Gasteiger partial charge in [-0.2, -0.15) is 0 Å². The monoisotopic (exact) mass is 418 g/mol. The van der Waals surface area contributed by atoms with Crippen LogP contribution < -0.4 is 5.32 Å². The number of rotatable bonds is 20. The standard InChI is InChI=1S/C18H34N4O7/c1-17(23)19-3-4-24-5-6-25-7-8-26-9-10-27-11-12-28-13-14-29-16-18-15-22(2)21-20-18/h15H,3-14,16H2,1-2H3,(H,19,23). The molecule has 0 aliphatic heterocycles. The number of hydrogen-bond acceptors (Lipinski definition) is 9. The average Bonchev–Trinajstić information content (AvgIpc) is 3.11. The van der Waals surface area contributed by atoms with Crippen LogP contribution in [0.5, 0.6) is 0 Å². The lowest BCUT2D eigenvalue weighted by molar-refractivity contribution is -0.119. The minimum atomic E-state index is -0.0567. The van der Waals surface area contributed by atoms with E-state index in [-0.39, 0.29) is 5.91 Å². The molecular formula is C18H34N4O7. The van der Waals surface area contributed by atoms with E-state index >= 15 is 0 Å². The average molecular weight is 418 g/mol. The molecule has 0 saturated heterocycles. The van der Waals surface area contributed by atoms with Crippen molar-refractivity contribution in [3.8, 4) is 0 Å². The van der Waals surface area contributed by atoms with E-state index in [0.717, 1.165) is 5.69 Å². The van der Waals surface area contributed by atoms with Gasteiger partial charge in [0.2, 0.25) is 5.91 Å². The third kappa shape index (κ3) is 17.0. The summed E-state index contributed by atoms with van der Waals surface area (Å²) in [5.74, 6) is -0.0567. The van der Waals surface area contributed by atoms with Gasteiger partial charge in [-0.1, -0.05) is 5.21 Å². The van der Waals surface area contributed by atoms with Crippen molar-refractivity contribution >= 4 is 5.91 Å². The maximum atomic E-state index is 10.6. The van der Waals surface area contributed by atoms with E-state index < -0.39 is 0 Å². The summed E-state index contributed by atoms with van der Waals surface area (Å²) < 4.78 is 33.9. The van der Waals surface area contributed by atoms with Crippen LogP contribution in [-0.4, -0.2) is 100 Å². The van der Waals surface area contributed by atoms with Crippen molar-refractivity contribution in [3.63, 3.8) is 0 Å². The van der Waals surface area contributed by atoms with Crippen LogP contribution in [0.25, 0.3) is 0 Å². The maximum absolute atomic E-state index is 10.6. The van der Waals surface area contributed by atoms with Gasteiger partial charge >= 0.3 is 0 Å². The first-order chi connectivity index (χ1) is 14.2. The number of carbonyl (C=O) groups excluding carboxylic acids is 1. The quantitative estimate of drug-likeness (QED) is 0.281. The summed E-state index contributed by atoms with van der Waals surface area (Å²) in [4.78, 5) is 10.6. The fourth-order valence-corrected chi connectivity index (χ4v) is 2.04. The molecule has 1 amide bonds. The predicted molar refractivity (Wildman–Crippen MR) is 103 cm³/mol. The molecule has 0 aliphatic rings. The molecule has 0 aromatic carbocycles. The fraction of sp³-hybridized carbons (Fsp3) is 0.833. The van der Waals surface area contributed by atoms with Crippen molar-refractivity contribution in [1.82, 2.24) is 20.3 Å². The Hall–Kier alpha value is -1.63. The molecule has 1 N–H and O–H groups in total. The summed E-state index contributed by atoms with van der Waals surface area (Å²) in [5, 5.41) is 10.4. The summed E-state index contributed by atoms with van der Waals surface area (Å²) in [7, 11) is 1.82. The van der Waals surface area contributed by atoms with E-state index in [1.54, 1.807) is 4.68 Å². The lowest BCUT2D eigenvalue weighted by atomic mass is 10.5. The van der Waals surface area contributed by atoms with Crippen LogP contribution in [0.15, 0.2) is 6.20 Å². The zero-order chi connectivity index (χ0) is 21.0. The zero-order valence-corrected chi connectivity index (χ0v) is 17.5. The molecule has 11 heteroatoms. The molecule has 0 fully saturated rings. The van der Waals surface area contributed by atoms with Crippen LogP contribution in [0, 0.1) is 0 Å². The Morgan fingerprint density at radius 1 is 0.828 bits per heavy atom. The molecule has 0 atom stereocenters. The van der Waals surface area contributed by atoms with Gasteiger partial charge in [0.1, 0.15) is 5.69 Å². The molecule has 0 unspecified atom stereocenters. The van der Waals surface area contributed by atoms with Crippen LogP contribution in [0.1, 0.15) is 12.6 Å². The Labute approximate surface area is 171 Å². The highest BCUT2D eigenvalue weighted by molar-refractivity contribution is 5.72. The largest absolute Gasteiger partial charge is 0.377 e. The van der Waals surface area contributed by atoms with Gasteiger partial charge in [0, 0.05) is 20.5 Å². The number of amides is 1. The number of aryl methyl sites for hydroxylation is 1. The van der Waals surface area contributed by atoms with Gasteiger partial charge in [-0.05, 0) is 0 Å². The molecule has 168 valence electrons.